The molecule has 106 valence electrons. The third kappa shape index (κ3) is 2.76. The third-order valence-electron chi connectivity index (χ3n) is 4.06. The van der Waals surface area contributed by atoms with Gasteiger partial charge in [0.1, 0.15) is 0 Å². The van der Waals surface area contributed by atoms with E-state index in [2.05, 4.69) is 16.0 Å². The molecule has 0 bridgehead atoms. The van der Waals surface area contributed by atoms with E-state index in [1.165, 1.54) is 19.3 Å². The number of pyridine rings is 1. The Bertz CT molecular complexity index is 656. The molecule has 0 amide bonds. The van der Waals surface area contributed by atoms with Gasteiger partial charge in [0.15, 0.2) is 0 Å². The zero-order valence-corrected chi connectivity index (χ0v) is 11.7. The van der Waals surface area contributed by atoms with Crippen molar-refractivity contribution in [2.75, 3.05) is 13.1 Å². The first-order valence-corrected chi connectivity index (χ1v) is 7.33. The lowest BCUT2D eigenvalue weighted by molar-refractivity contribution is 0.220. The fourth-order valence-corrected chi connectivity index (χ4v) is 2.90. The summed E-state index contributed by atoms with van der Waals surface area (Å²) in [6, 6.07) is 7.97. The molecule has 4 nitrogen and oxygen atoms in total. The number of nitrogens with zero attached hydrogens (tertiary/aromatic N) is 1. The monoisotopic (exact) mass is 271 g/mol. The molecule has 4 heteroatoms. The van der Waals surface area contributed by atoms with Crippen molar-refractivity contribution in [2.45, 2.75) is 32.4 Å². The average molecular weight is 271 g/mol. The Kier molecular flexibility index (Phi) is 3.85. The van der Waals surface area contributed by atoms with Gasteiger partial charge >= 0.3 is 0 Å². The highest BCUT2D eigenvalue weighted by molar-refractivity contribution is 5.79. The summed E-state index contributed by atoms with van der Waals surface area (Å²) >= 11 is 0. The van der Waals surface area contributed by atoms with E-state index in [1.807, 2.05) is 18.2 Å². The van der Waals surface area contributed by atoms with E-state index in [9.17, 15) is 4.79 Å². The zero-order chi connectivity index (χ0) is 13.9. The minimum atomic E-state index is 0.0311. The van der Waals surface area contributed by atoms with Gasteiger partial charge in [-0.25, -0.2) is 0 Å². The fourth-order valence-electron chi connectivity index (χ4n) is 2.90. The predicted octanol–water partition coefficient (Wildman–Crippen LogP) is 1.97. The lowest BCUT2D eigenvalue weighted by Crippen LogP contribution is -2.31. The van der Waals surface area contributed by atoms with Crippen LogP contribution in [0.1, 0.15) is 30.4 Å². The number of likely N-dealkylation sites (tertiary alicyclic amines) is 1. The molecule has 0 saturated carbocycles. The molecule has 2 aromatic rings. The molecule has 0 aliphatic carbocycles. The summed E-state index contributed by atoms with van der Waals surface area (Å²) in [7, 11) is 0. The summed E-state index contributed by atoms with van der Waals surface area (Å²) in [5.74, 6) is 0. The summed E-state index contributed by atoms with van der Waals surface area (Å²) < 4.78 is 0. The zero-order valence-electron chi connectivity index (χ0n) is 11.7. The Hall–Kier alpha value is -1.65. The number of benzene rings is 1. The van der Waals surface area contributed by atoms with E-state index in [-0.39, 0.29) is 5.56 Å². The lowest BCUT2D eigenvalue weighted by Gasteiger charge is -2.26. The Morgan fingerprint density at radius 2 is 1.95 bits per heavy atom. The number of piperidine rings is 1. The lowest BCUT2D eigenvalue weighted by atomic mass is 10.1. The summed E-state index contributed by atoms with van der Waals surface area (Å²) in [5, 5.41) is 1.07. The summed E-state index contributed by atoms with van der Waals surface area (Å²) in [5.41, 5.74) is 8.54. The number of hydrogen-bond acceptors (Lipinski definition) is 3. The number of fused-ring (bicyclic) bond motifs is 1. The van der Waals surface area contributed by atoms with Gasteiger partial charge in [0.25, 0.3) is 5.56 Å². The largest absolute Gasteiger partial charge is 0.326 e. The normalized spacial score (nSPS) is 16.6. The smallest absolute Gasteiger partial charge is 0.252 e. The Morgan fingerprint density at radius 3 is 2.70 bits per heavy atom. The Labute approximate surface area is 118 Å². The predicted molar refractivity (Wildman–Crippen MR) is 81.6 cm³/mol. The van der Waals surface area contributed by atoms with Gasteiger partial charge in [-0.2, -0.15) is 0 Å². The van der Waals surface area contributed by atoms with Gasteiger partial charge in [0, 0.05) is 24.2 Å². The van der Waals surface area contributed by atoms with Crippen molar-refractivity contribution in [1.29, 1.82) is 0 Å². The maximum atomic E-state index is 12.2. The Balaban J connectivity index is 1.93. The topological polar surface area (TPSA) is 62.1 Å². The van der Waals surface area contributed by atoms with Gasteiger partial charge in [-0.15, -0.1) is 0 Å². The van der Waals surface area contributed by atoms with Crippen molar-refractivity contribution in [3.8, 4) is 0 Å². The van der Waals surface area contributed by atoms with E-state index in [0.717, 1.165) is 41.7 Å². The second-order valence-electron chi connectivity index (χ2n) is 5.59. The molecule has 0 radical (unpaired) electrons. The molecule has 1 aromatic carbocycles. The van der Waals surface area contributed by atoms with Crippen LogP contribution in [0, 0.1) is 0 Å². The molecule has 2 heterocycles. The summed E-state index contributed by atoms with van der Waals surface area (Å²) in [6.07, 6.45) is 3.79. The molecule has 0 spiro atoms. The van der Waals surface area contributed by atoms with E-state index >= 15 is 0 Å². The van der Waals surface area contributed by atoms with E-state index in [1.54, 1.807) is 0 Å². The van der Waals surface area contributed by atoms with Crippen molar-refractivity contribution in [3.05, 3.63) is 45.7 Å². The molecule has 1 saturated heterocycles. The van der Waals surface area contributed by atoms with Gasteiger partial charge in [0.05, 0.1) is 0 Å². The van der Waals surface area contributed by atoms with E-state index in [4.69, 9.17) is 5.73 Å². The molecule has 20 heavy (non-hydrogen) atoms. The molecule has 1 aromatic heterocycles. The van der Waals surface area contributed by atoms with Crippen LogP contribution >= 0.6 is 0 Å². The van der Waals surface area contributed by atoms with Crippen LogP contribution in [0.25, 0.3) is 10.9 Å². The molecular weight excluding hydrogens is 250 g/mol. The van der Waals surface area contributed by atoms with E-state index < -0.39 is 0 Å². The summed E-state index contributed by atoms with van der Waals surface area (Å²) in [4.78, 5) is 17.5. The number of rotatable bonds is 3. The van der Waals surface area contributed by atoms with Gasteiger partial charge in [-0.1, -0.05) is 12.5 Å². The van der Waals surface area contributed by atoms with Crippen molar-refractivity contribution < 1.29 is 0 Å². The second kappa shape index (κ2) is 5.77. The molecule has 0 unspecified atom stereocenters. The number of nitrogens with one attached hydrogen (secondary N) is 1. The number of nitrogens with two attached hydrogens (primary N) is 1. The van der Waals surface area contributed by atoms with Gasteiger partial charge in [-0.05, 0) is 55.1 Å². The van der Waals surface area contributed by atoms with Crippen LogP contribution in [-0.4, -0.2) is 23.0 Å². The van der Waals surface area contributed by atoms with Crippen LogP contribution in [0.4, 0.5) is 0 Å². The van der Waals surface area contributed by atoms with Crippen LogP contribution in [-0.2, 0) is 13.1 Å². The van der Waals surface area contributed by atoms with Crippen LogP contribution in [0.3, 0.4) is 0 Å². The highest BCUT2D eigenvalue weighted by Crippen LogP contribution is 2.16. The second-order valence-corrected chi connectivity index (χ2v) is 5.59. The van der Waals surface area contributed by atoms with Crippen molar-refractivity contribution >= 4 is 10.9 Å². The highest BCUT2D eigenvalue weighted by Gasteiger charge is 2.12. The number of hydrogen-bond donors (Lipinski definition) is 2. The van der Waals surface area contributed by atoms with Crippen LogP contribution in [0.5, 0.6) is 0 Å². The quantitative estimate of drug-likeness (QED) is 0.897. The van der Waals surface area contributed by atoms with Crippen molar-refractivity contribution in [3.63, 3.8) is 0 Å². The molecular formula is C16H21N3O. The molecule has 1 aliphatic heterocycles. The first kappa shape index (κ1) is 13.3. The Morgan fingerprint density at radius 1 is 1.15 bits per heavy atom. The number of H-pyrrole nitrogens is 1. The van der Waals surface area contributed by atoms with Crippen molar-refractivity contribution in [2.24, 2.45) is 5.73 Å². The molecule has 1 aliphatic rings. The maximum Gasteiger partial charge on any atom is 0.252 e. The minimum Gasteiger partial charge on any atom is -0.326 e. The maximum absolute atomic E-state index is 12.2. The van der Waals surface area contributed by atoms with Crippen LogP contribution in [0.2, 0.25) is 0 Å². The van der Waals surface area contributed by atoms with Gasteiger partial charge < -0.3 is 10.7 Å². The fraction of sp³-hybridized carbons (Fsp3) is 0.438. The summed E-state index contributed by atoms with van der Waals surface area (Å²) in [6.45, 7) is 3.47. The van der Waals surface area contributed by atoms with Gasteiger partial charge in [0.2, 0.25) is 0 Å². The molecule has 1 fully saturated rings. The minimum absolute atomic E-state index is 0.0311. The van der Waals surface area contributed by atoms with Crippen molar-refractivity contribution in [1.82, 2.24) is 9.88 Å². The highest BCUT2D eigenvalue weighted by atomic mass is 16.1. The van der Waals surface area contributed by atoms with Gasteiger partial charge in [-0.3, -0.25) is 9.69 Å². The SMILES string of the molecule is NCc1ccc2[nH]c(=O)c(CN3CCCCC3)cc2c1. The molecule has 0 atom stereocenters. The number of aromatic nitrogens is 1. The number of aromatic amines is 1. The first-order chi connectivity index (χ1) is 9.76. The average Bonchev–Trinajstić information content (AvgIpc) is 2.48. The molecule has 3 N–H and O–H groups in total. The standard InChI is InChI=1S/C16H21N3O/c17-10-12-4-5-15-13(8-12)9-14(16(20)18-15)11-19-6-2-1-3-7-19/h4-5,8-9H,1-3,6-7,10-11,17H2,(H,18,20). The van der Waals surface area contributed by atoms with E-state index in [0.29, 0.717) is 6.54 Å². The third-order valence-corrected chi connectivity index (χ3v) is 4.06. The first-order valence-electron chi connectivity index (χ1n) is 7.33. The van der Waals surface area contributed by atoms with Crippen LogP contribution in [0.15, 0.2) is 29.1 Å². The van der Waals surface area contributed by atoms with Crippen LogP contribution < -0.4 is 11.3 Å². The molecule has 3 rings (SSSR count).